The molecule has 0 saturated carbocycles. The van der Waals surface area contributed by atoms with E-state index in [1.165, 1.54) is 7.05 Å². The van der Waals surface area contributed by atoms with E-state index in [4.69, 9.17) is 0 Å². The molecule has 126 valence electrons. The molecule has 2 heterocycles. The molecule has 0 spiro atoms. The van der Waals surface area contributed by atoms with Crippen LogP contribution in [0.2, 0.25) is 0 Å². The second-order valence-corrected chi connectivity index (χ2v) is 5.08. The van der Waals surface area contributed by atoms with Crippen LogP contribution in [0, 0.1) is 13.8 Å². The highest BCUT2D eigenvalue weighted by molar-refractivity contribution is 5.92. The van der Waals surface area contributed by atoms with E-state index >= 15 is 0 Å². The van der Waals surface area contributed by atoms with Crippen LogP contribution in [0.1, 0.15) is 34.3 Å². The number of rotatable bonds is 5. The molecular weight excluding hydrogens is 313 g/mol. The SMILES string of the molecule is Cc1nc(C)n(CCCNC(=O)c2cc(C(F)(F)F)nn2C)n1. The molecule has 0 aliphatic heterocycles. The Balaban J connectivity index is 1.88. The van der Waals surface area contributed by atoms with Gasteiger partial charge in [-0.25, -0.2) is 4.98 Å². The van der Waals surface area contributed by atoms with Gasteiger partial charge in [-0.05, 0) is 20.3 Å². The molecule has 0 aromatic carbocycles. The van der Waals surface area contributed by atoms with Crippen molar-refractivity contribution in [1.82, 2.24) is 29.9 Å². The number of nitrogens with one attached hydrogen (secondary N) is 1. The van der Waals surface area contributed by atoms with Crippen molar-refractivity contribution in [2.75, 3.05) is 6.54 Å². The van der Waals surface area contributed by atoms with Gasteiger partial charge in [-0.3, -0.25) is 14.2 Å². The first-order chi connectivity index (χ1) is 10.7. The van der Waals surface area contributed by atoms with E-state index in [1.807, 2.05) is 6.92 Å². The molecule has 0 aliphatic rings. The number of amides is 1. The second-order valence-electron chi connectivity index (χ2n) is 5.08. The van der Waals surface area contributed by atoms with Gasteiger partial charge < -0.3 is 5.32 Å². The fourth-order valence-corrected chi connectivity index (χ4v) is 2.11. The molecule has 0 bridgehead atoms. The summed E-state index contributed by atoms with van der Waals surface area (Å²) in [6.07, 6.45) is -3.99. The van der Waals surface area contributed by atoms with E-state index in [0.717, 1.165) is 16.6 Å². The van der Waals surface area contributed by atoms with E-state index in [9.17, 15) is 18.0 Å². The van der Waals surface area contributed by atoms with Gasteiger partial charge in [0.2, 0.25) is 0 Å². The number of alkyl halides is 3. The highest BCUT2D eigenvalue weighted by atomic mass is 19.4. The van der Waals surface area contributed by atoms with Crippen molar-refractivity contribution < 1.29 is 18.0 Å². The van der Waals surface area contributed by atoms with Crippen molar-refractivity contribution >= 4 is 5.91 Å². The quantitative estimate of drug-likeness (QED) is 0.842. The molecule has 1 N–H and O–H groups in total. The van der Waals surface area contributed by atoms with Gasteiger partial charge in [0, 0.05) is 26.2 Å². The Labute approximate surface area is 130 Å². The molecular formula is C13H17F3N6O. The highest BCUT2D eigenvalue weighted by Gasteiger charge is 2.35. The molecule has 1 amide bonds. The Morgan fingerprint density at radius 1 is 1.30 bits per heavy atom. The lowest BCUT2D eigenvalue weighted by atomic mass is 10.3. The Hall–Kier alpha value is -2.39. The van der Waals surface area contributed by atoms with Crippen LogP contribution >= 0.6 is 0 Å². The van der Waals surface area contributed by atoms with Gasteiger partial charge in [0.25, 0.3) is 5.91 Å². The maximum Gasteiger partial charge on any atom is 0.435 e. The smallest absolute Gasteiger partial charge is 0.351 e. The van der Waals surface area contributed by atoms with Gasteiger partial charge in [-0.2, -0.15) is 23.4 Å². The van der Waals surface area contributed by atoms with Crippen LogP contribution in [0.4, 0.5) is 13.2 Å². The van der Waals surface area contributed by atoms with Gasteiger partial charge in [0.15, 0.2) is 5.69 Å². The molecule has 2 rings (SSSR count). The lowest BCUT2D eigenvalue weighted by Crippen LogP contribution is -2.27. The zero-order valence-electron chi connectivity index (χ0n) is 13.0. The minimum absolute atomic E-state index is 0.134. The van der Waals surface area contributed by atoms with Crippen LogP contribution < -0.4 is 5.32 Å². The Morgan fingerprint density at radius 3 is 2.52 bits per heavy atom. The number of carbonyl (C=O) groups is 1. The van der Waals surface area contributed by atoms with Crippen molar-refractivity contribution in [2.45, 2.75) is 33.0 Å². The summed E-state index contributed by atoms with van der Waals surface area (Å²) < 4.78 is 40.3. The molecule has 0 fully saturated rings. The lowest BCUT2D eigenvalue weighted by molar-refractivity contribution is -0.141. The van der Waals surface area contributed by atoms with E-state index < -0.39 is 17.8 Å². The zero-order chi connectivity index (χ0) is 17.2. The van der Waals surface area contributed by atoms with E-state index in [2.05, 4.69) is 20.5 Å². The van der Waals surface area contributed by atoms with Crippen molar-refractivity contribution in [3.8, 4) is 0 Å². The standard InChI is InChI=1S/C13H17F3N6O/c1-8-18-9(2)22(19-8)6-4-5-17-12(23)10-7-11(13(14,15)16)20-21(10)3/h7H,4-6H2,1-3H3,(H,17,23). The summed E-state index contributed by atoms with van der Waals surface area (Å²) in [5.41, 5.74) is -1.22. The predicted octanol–water partition coefficient (Wildman–Crippen LogP) is 1.47. The number of aromatic nitrogens is 5. The summed E-state index contributed by atoms with van der Waals surface area (Å²) in [6.45, 7) is 4.48. The minimum Gasteiger partial charge on any atom is -0.351 e. The number of carbonyl (C=O) groups excluding carboxylic acids is 1. The third-order valence-electron chi connectivity index (χ3n) is 3.20. The molecule has 0 aliphatic carbocycles. The average molecular weight is 330 g/mol. The van der Waals surface area contributed by atoms with Crippen LogP contribution in [0.15, 0.2) is 6.07 Å². The first kappa shape index (κ1) is 17.0. The number of aryl methyl sites for hydroxylation is 4. The normalized spacial score (nSPS) is 11.7. The van der Waals surface area contributed by atoms with E-state index in [0.29, 0.717) is 25.3 Å². The maximum absolute atomic E-state index is 12.6. The van der Waals surface area contributed by atoms with Gasteiger partial charge in [-0.1, -0.05) is 0 Å². The van der Waals surface area contributed by atoms with Crippen molar-refractivity contribution in [3.63, 3.8) is 0 Å². The average Bonchev–Trinajstić information content (AvgIpc) is 2.97. The summed E-state index contributed by atoms with van der Waals surface area (Å²) in [5, 5.41) is 10.1. The summed E-state index contributed by atoms with van der Waals surface area (Å²) in [4.78, 5) is 16.1. The number of hydrogen-bond donors (Lipinski definition) is 1. The number of hydrogen-bond acceptors (Lipinski definition) is 4. The first-order valence-electron chi connectivity index (χ1n) is 6.96. The third-order valence-corrected chi connectivity index (χ3v) is 3.20. The first-order valence-corrected chi connectivity index (χ1v) is 6.96. The molecule has 0 saturated heterocycles. The molecule has 23 heavy (non-hydrogen) atoms. The molecule has 0 unspecified atom stereocenters. The molecule has 0 atom stereocenters. The van der Waals surface area contributed by atoms with Crippen LogP contribution in [0.25, 0.3) is 0 Å². The number of halogens is 3. The second kappa shape index (κ2) is 6.39. The topological polar surface area (TPSA) is 77.6 Å². The Morgan fingerprint density at radius 2 is 2.00 bits per heavy atom. The largest absolute Gasteiger partial charge is 0.435 e. The monoisotopic (exact) mass is 330 g/mol. The minimum atomic E-state index is -4.57. The van der Waals surface area contributed by atoms with Crippen LogP contribution in [-0.4, -0.2) is 37.0 Å². The fourth-order valence-electron chi connectivity index (χ4n) is 2.11. The molecule has 2 aromatic heterocycles. The van der Waals surface area contributed by atoms with E-state index in [1.54, 1.807) is 11.6 Å². The highest BCUT2D eigenvalue weighted by Crippen LogP contribution is 2.28. The fraction of sp³-hybridized carbons (Fsp3) is 0.538. The summed E-state index contributed by atoms with van der Waals surface area (Å²) >= 11 is 0. The van der Waals surface area contributed by atoms with Crippen LogP contribution in [-0.2, 0) is 19.8 Å². The van der Waals surface area contributed by atoms with E-state index in [-0.39, 0.29) is 5.69 Å². The molecule has 2 aromatic rings. The van der Waals surface area contributed by atoms with Crippen molar-refractivity contribution in [2.24, 2.45) is 7.05 Å². The van der Waals surface area contributed by atoms with Crippen LogP contribution in [0.3, 0.4) is 0 Å². The van der Waals surface area contributed by atoms with Gasteiger partial charge in [-0.15, -0.1) is 0 Å². The maximum atomic E-state index is 12.6. The number of nitrogens with zero attached hydrogens (tertiary/aromatic N) is 5. The van der Waals surface area contributed by atoms with Gasteiger partial charge >= 0.3 is 6.18 Å². The zero-order valence-corrected chi connectivity index (χ0v) is 13.0. The predicted molar refractivity (Wildman–Crippen MR) is 74.7 cm³/mol. The summed E-state index contributed by atoms with van der Waals surface area (Å²) in [6, 6.07) is 0.736. The van der Waals surface area contributed by atoms with Gasteiger partial charge in [0.1, 0.15) is 17.3 Å². The molecule has 0 radical (unpaired) electrons. The van der Waals surface area contributed by atoms with Crippen molar-refractivity contribution in [3.05, 3.63) is 29.1 Å². The molecule has 10 heteroatoms. The van der Waals surface area contributed by atoms with Gasteiger partial charge in [0.05, 0.1) is 0 Å². The molecule has 7 nitrogen and oxygen atoms in total. The Bertz CT molecular complexity index is 703. The van der Waals surface area contributed by atoms with Crippen LogP contribution in [0.5, 0.6) is 0 Å². The van der Waals surface area contributed by atoms with Crippen molar-refractivity contribution in [1.29, 1.82) is 0 Å². The summed E-state index contributed by atoms with van der Waals surface area (Å²) in [7, 11) is 1.30. The third kappa shape index (κ3) is 4.08. The Kier molecular flexibility index (Phi) is 4.71. The summed E-state index contributed by atoms with van der Waals surface area (Å²) in [5.74, 6) is 0.846. The lowest BCUT2D eigenvalue weighted by Gasteiger charge is -2.06.